The van der Waals surface area contributed by atoms with E-state index in [9.17, 15) is 8.78 Å². The number of hydrogen-bond donors (Lipinski definition) is 1. The van der Waals surface area contributed by atoms with E-state index in [2.05, 4.69) is 38.9 Å². The quantitative estimate of drug-likeness (QED) is 0.432. The Kier molecular flexibility index (Phi) is 7.34. The van der Waals surface area contributed by atoms with Crippen LogP contribution in [-0.4, -0.2) is 38.8 Å². The molecule has 3 aromatic heterocycles. The fourth-order valence-corrected chi connectivity index (χ4v) is 4.68. The summed E-state index contributed by atoms with van der Waals surface area (Å²) in [5.41, 5.74) is 4.96. The number of anilines is 1. The average Bonchev–Trinajstić information content (AvgIpc) is 3.36. The highest BCUT2D eigenvalue weighted by Gasteiger charge is 2.29. The molecule has 0 radical (unpaired) electrons. The molecule has 0 amide bonds. The van der Waals surface area contributed by atoms with Crippen LogP contribution in [0.1, 0.15) is 71.1 Å². The van der Waals surface area contributed by atoms with E-state index in [1.807, 2.05) is 18.2 Å². The Bertz CT molecular complexity index is 1200. The summed E-state index contributed by atoms with van der Waals surface area (Å²) < 4.78 is 27.7. The van der Waals surface area contributed by atoms with Crippen LogP contribution in [-0.2, 0) is 0 Å². The summed E-state index contributed by atoms with van der Waals surface area (Å²) >= 11 is 0. The van der Waals surface area contributed by atoms with Gasteiger partial charge in [0.1, 0.15) is 0 Å². The first-order valence-electron chi connectivity index (χ1n) is 11.9. The maximum atomic E-state index is 13.0. The molecule has 0 aromatic carbocycles. The Morgan fingerprint density at radius 2 is 2.03 bits per heavy atom. The molecule has 0 spiro atoms. The minimum absolute atomic E-state index is 0. The molecule has 34 heavy (non-hydrogen) atoms. The molecule has 1 aliphatic carbocycles. The number of alkyl halides is 2. The van der Waals surface area contributed by atoms with Crippen molar-refractivity contribution in [2.24, 2.45) is 10.9 Å². The number of nitrogens with one attached hydrogen (secondary N) is 1. The second-order valence-corrected chi connectivity index (χ2v) is 9.09. The standard InChI is InChI=1S/C19H18F2N6.C7H14.H2/c1-4-11-7-13(16-9-23-19(22-3)26-27(11)16)14-5-6-15-18(25-14)12(8-17(20)21)10(2)24-15;1-7-5-3-2-4-6-7;/h4-7,9,12,17H,1,8H2,2-3H3,(H,22,26);7H,2-6H2,1H3;1H. The molecule has 4 heterocycles. The number of pyridine rings is 1. The molecule has 1 aliphatic heterocycles. The minimum atomic E-state index is -2.41. The molecule has 2 aliphatic rings. The first-order valence-corrected chi connectivity index (χ1v) is 11.9. The molecule has 3 aromatic rings. The van der Waals surface area contributed by atoms with Gasteiger partial charge >= 0.3 is 0 Å². The lowest BCUT2D eigenvalue weighted by molar-refractivity contribution is 0.135. The first-order chi connectivity index (χ1) is 16.4. The summed E-state index contributed by atoms with van der Waals surface area (Å²) in [6.07, 6.45) is 8.15. The van der Waals surface area contributed by atoms with Crippen molar-refractivity contribution in [3.05, 3.63) is 42.4 Å². The highest BCUT2D eigenvalue weighted by Crippen LogP contribution is 2.39. The lowest BCUT2D eigenvalue weighted by Crippen LogP contribution is -2.10. The third-order valence-electron chi connectivity index (χ3n) is 6.59. The van der Waals surface area contributed by atoms with Crippen LogP contribution >= 0.6 is 0 Å². The fraction of sp³-hybridized carbons (Fsp3) is 0.462. The number of nitrogens with zero attached hydrogens (tertiary/aromatic N) is 5. The topological polar surface area (TPSA) is 67.5 Å². The molecule has 0 bridgehead atoms. The maximum absolute atomic E-state index is 13.0. The van der Waals surface area contributed by atoms with E-state index in [0.717, 1.165) is 22.7 Å². The van der Waals surface area contributed by atoms with Gasteiger partial charge in [-0.1, -0.05) is 45.6 Å². The van der Waals surface area contributed by atoms with Crippen LogP contribution in [0, 0.1) is 5.92 Å². The summed E-state index contributed by atoms with van der Waals surface area (Å²) in [6.45, 7) is 7.96. The van der Waals surface area contributed by atoms with Crippen molar-refractivity contribution in [1.82, 2.24) is 19.6 Å². The summed E-state index contributed by atoms with van der Waals surface area (Å²) in [5, 5.41) is 7.33. The molecular formula is C26H34F2N6. The average molecular weight is 469 g/mol. The van der Waals surface area contributed by atoms with Gasteiger partial charge in [-0.2, -0.15) is 0 Å². The summed E-state index contributed by atoms with van der Waals surface area (Å²) in [4.78, 5) is 13.3. The van der Waals surface area contributed by atoms with E-state index >= 15 is 0 Å². The molecule has 6 nitrogen and oxygen atoms in total. The van der Waals surface area contributed by atoms with Gasteiger partial charge in [0, 0.05) is 32.1 Å². The van der Waals surface area contributed by atoms with E-state index < -0.39 is 12.3 Å². The number of rotatable bonds is 5. The van der Waals surface area contributed by atoms with Gasteiger partial charge < -0.3 is 5.32 Å². The first kappa shape index (κ1) is 24.0. The number of fused-ring (bicyclic) bond motifs is 2. The van der Waals surface area contributed by atoms with Gasteiger partial charge in [-0.3, -0.25) is 4.99 Å². The van der Waals surface area contributed by atoms with Gasteiger partial charge in [0.2, 0.25) is 12.4 Å². The zero-order chi connectivity index (χ0) is 24.2. The van der Waals surface area contributed by atoms with Crippen molar-refractivity contribution in [2.45, 2.75) is 64.7 Å². The van der Waals surface area contributed by atoms with Gasteiger partial charge in [-0.15, -0.1) is 5.10 Å². The second-order valence-electron chi connectivity index (χ2n) is 9.09. The number of halogens is 2. The third kappa shape index (κ3) is 5.00. The second kappa shape index (κ2) is 10.4. The van der Waals surface area contributed by atoms with Crippen molar-refractivity contribution >= 4 is 28.9 Å². The van der Waals surface area contributed by atoms with Crippen LogP contribution < -0.4 is 5.32 Å². The largest absolute Gasteiger partial charge is 0.356 e. The molecule has 1 saturated carbocycles. The van der Waals surface area contributed by atoms with E-state index in [4.69, 9.17) is 0 Å². The number of aliphatic imine (C=N–C) groups is 1. The molecular weight excluding hydrogens is 434 g/mol. The van der Waals surface area contributed by atoms with E-state index in [0.29, 0.717) is 28.7 Å². The summed E-state index contributed by atoms with van der Waals surface area (Å²) in [7, 11) is 1.74. The molecule has 1 unspecified atom stereocenters. The highest BCUT2D eigenvalue weighted by atomic mass is 19.3. The Morgan fingerprint density at radius 3 is 2.65 bits per heavy atom. The molecule has 5 rings (SSSR count). The molecule has 8 heteroatoms. The minimum Gasteiger partial charge on any atom is -0.356 e. The van der Waals surface area contributed by atoms with Crippen molar-refractivity contribution < 1.29 is 10.2 Å². The van der Waals surface area contributed by atoms with Crippen LogP contribution in [0.15, 0.2) is 36.0 Å². The van der Waals surface area contributed by atoms with E-state index in [1.165, 1.54) is 32.1 Å². The third-order valence-corrected chi connectivity index (χ3v) is 6.59. The van der Waals surface area contributed by atoms with Crippen molar-refractivity contribution in [3.63, 3.8) is 0 Å². The van der Waals surface area contributed by atoms with Crippen molar-refractivity contribution in [2.75, 3.05) is 12.4 Å². The van der Waals surface area contributed by atoms with E-state index in [1.54, 1.807) is 30.8 Å². The molecule has 1 fully saturated rings. The zero-order valence-corrected chi connectivity index (χ0v) is 20.1. The smallest absolute Gasteiger partial charge is 0.240 e. The Labute approximate surface area is 200 Å². The monoisotopic (exact) mass is 468 g/mol. The summed E-state index contributed by atoms with van der Waals surface area (Å²) in [5.74, 6) is 1.06. The molecule has 1 N–H and O–H groups in total. The van der Waals surface area contributed by atoms with E-state index in [-0.39, 0.29) is 7.85 Å². The van der Waals surface area contributed by atoms with Crippen LogP contribution in [0.2, 0.25) is 0 Å². The molecule has 0 saturated heterocycles. The summed E-state index contributed by atoms with van der Waals surface area (Å²) in [6, 6.07) is 5.58. The normalized spacial score (nSPS) is 17.8. The van der Waals surface area contributed by atoms with Gasteiger partial charge in [-0.05, 0) is 37.1 Å². The highest BCUT2D eigenvalue weighted by molar-refractivity contribution is 5.96. The molecule has 182 valence electrons. The van der Waals surface area contributed by atoms with Crippen LogP contribution in [0.25, 0.3) is 22.9 Å². The van der Waals surface area contributed by atoms with Gasteiger partial charge in [0.25, 0.3) is 0 Å². The SMILES string of the molecule is C=Cc1cc(-c2ccc3c(n2)C(CC(F)F)C(C)=N3)c2cnc(NC)nn12.CC1CCCCC1.[HH]. The number of aromatic nitrogens is 4. The van der Waals surface area contributed by atoms with Gasteiger partial charge in [0.15, 0.2) is 0 Å². The zero-order valence-electron chi connectivity index (χ0n) is 20.1. The predicted octanol–water partition coefficient (Wildman–Crippen LogP) is 7.15. The van der Waals surface area contributed by atoms with Crippen molar-refractivity contribution in [1.29, 1.82) is 0 Å². The lowest BCUT2D eigenvalue weighted by Gasteiger charge is -2.15. The van der Waals surface area contributed by atoms with Gasteiger partial charge in [0.05, 0.1) is 34.5 Å². The lowest BCUT2D eigenvalue weighted by atomic mass is 9.91. The van der Waals surface area contributed by atoms with Gasteiger partial charge in [-0.25, -0.2) is 23.3 Å². The fourth-order valence-electron chi connectivity index (χ4n) is 4.68. The van der Waals surface area contributed by atoms with Crippen LogP contribution in [0.5, 0.6) is 0 Å². The van der Waals surface area contributed by atoms with Crippen molar-refractivity contribution in [3.8, 4) is 11.3 Å². The van der Waals surface area contributed by atoms with Crippen LogP contribution in [0.3, 0.4) is 0 Å². The Hall–Kier alpha value is -3.16. The number of hydrogen-bond acceptors (Lipinski definition) is 5. The van der Waals surface area contributed by atoms with Crippen LogP contribution in [0.4, 0.5) is 20.4 Å². The predicted molar refractivity (Wildman–Crippen MR) is 136 cm³/mol. The Morgan fingerprint density at radius 1 is 1.26 bits per heavy atom. The maximum Gasteiger partial charge on any atom is 0.240 e. The Balaban J connectivity index is 0.000000370. The molecule has 1 atom stereocenters.